The highest BCUT2D eigenvalue weighted by molar-refractivity contribution is 5.84. The molecule has 1 heterocycles. The predicted octanol–water partition coefficient (Wildman–Crippen LogP) is 2.66. The highest BCUT2D eigenvalue weighted by atomic mass is 16.5. The van der Waals surface area contributed by atoms with Crippen LogP contribution in [-0.4, -0.2) is 33.8 Å². The van der Waals surface area contributed by atoms with Crippen molar-refractivity contribution in [2.24, 2.45) is 5.92 Å². The van der Waals surface area contributed by atoms with E-state index in [0.717, 1.165) is 37.1 Å². The molecule has 2 saturated carbocycles. The van der Waals surface area contributed by atoms with Crippen LogP contribution in [0.1, 0.15) is 62.8 Å². The van der Waals surface area contributed by atoms with Crippen LogP contribution in [0, 0.1) is 19.8 Å². The number of amides is 1. The van der Waals surface area contributed by atoms with Gasteiger partial charge in [0.25, 0.3) is 0 Å². The Balaban J connectivity index is 1.44. The fourth-order valence-corrected chi connectivity index (χ4v) is 3.74. The van der Waals surface area contributed by atoms with Gasteiger partial charge in [0.2, 0.25) is 5.91 Å². The number of aromatic nitrogens is 2. The zero-order valence-corrected chi connectivity index (χ0v) is 15.1. The van der Waals surface area contributed by atoms with Gasteiger partial charge in [-0.05, 0) is 58.4 Å². The maximum Gasteiger partial charge on any atom is 0.317 e. The number of carbonyl (C=O) groups is 2. The van der Waals surface area contributed by atoms with E-state index in [1.54, 1.807) is 0 Å². The van der Waals surface area contributed by atoms with E-state index in [1.165, 1.54) is 0 Å². The first-order chi connectivity index (χ1) is 12.0. The van der Waals surface area contributed by atoms with Crippen LogP contribution < -0.4 is 10.1 Å². The number of hydrogen-bond donors (Lipinski definition) is 1. The number of carbonyl (C=O) groups excluding carboxylic acids is 2. The van der Waals surface area contributed by atoms with Gasteiger partial charge < -0.3 is 10.1 Å². The highest BCUT2D eigenvalue weighted by Gasteiger charge is 2.29. The second-order valence-corrected chi connectivity index (χ2v) is 7.35. The minimum atomic E-state index is 0.00958. The number of nitrogens with zero attached hydrogens (tertiary/aromatic N) is 2. The molecular weight excluding hydrogens is 318 g/mol. The molecule has 2 aliphatic carbocycles. The Morgan fingerprint density at radius 3 is 2.24 bits per heavy atom. The van der Waals surface area contributed by atoms with E-state index in [1.807, 2.05) is 19.9 Å². The van der Waals surface area contributed by atoms with E-state index in [0.29, 0.717) is 31.7 Å². The van der Waals surface area contributed by atoms with E-state index in [4.69, 9.17) is 4.74 Å². The number of ether oxygens (including phenoxy) is 1. The average Bonchev–Trinajstić information content (AvgIpc) is 2.56. The topological polar surface area (TPSA) is 81.2 Å². The van der Waals surface area contributed by atoms with Crippen molar-refractivity contribution < 1.29 is 14.3 Å². The molecule has 2 fully saturated rings. The zero-order valence-electron chi connectivity index (χ0n) is 15.1. The van der Waals surface area contributed by atoms with Crippen molar-refractivity contribution in [3.8, 4) is 6.01 Å². The van der Waals surface area contributed by atoms with E-state index in [-0.39, 0.29) is 29.8 Å². The van der Waals surface area contributed by atoms with Crippen LogP contribution in [-0.2, 0) is 9.59 Å². The number of ketones is 1. The first kappa shape index (κ1) is 17.8. The molecule has 0 unspecified atom stereocenters. The number of rotatable bonds is 4. The highest BCUT2D eigenvalue weighted by Crippen LogP contribution is 2.25. The molecule has 0 radical (unpaired) electrons. The van der Waals surface area contributed by atoms with Crippen LogP contribution in [0.4, 0.5) is 0 Å². The van der Waals surface area contributed by atoms with Crippen LogP contribution in [0.5, 0.6) is 6.01 Å². The molecule has 2 aliphatic rings. The predicted molar refractivity (Wildman–Crippen MR) is 93.3 cm³/mol. The van der Waals surface area contributed by atoms with Gasteiger partial charge in [-0.15, -0.1) is 0 Å². The van der Waals surface area contributed by atoms with Gasteiger partial charge in [-0.25, -0.2) is 9.97 Å². The number of hydrogen-bond acceptors (Lipinski definition) is 5. The number of Topliss-reactive ketones (excluding diaryl/α,β-unsaturated/α-hetero) is 1. The fraction of sp³-hybridized carbons (Fsp3) is 0.684. The van der Waals surface area contributed by atoms with Crippen LogP contribution in [0.15, 0.2) is 6.07 Å². The molecule has 0 saturated heterocycles. The lowest BCUT2D eigenvalue weighted by Crippen LogP contribution is -2.43. The summed E-state index contributed by atoms with van der Waals surface area (Å²) in [4.78, 5) is 32.3. The summed E-state index contributed by atoms with van der Waals surface area (Å²) < 4.78 is 5.93. The summed E-state index contributed by atoms with van der Waals surface area (Å²) >= 11 is 0. The largest absolute Gasteiger partial charge is 0.460 e. The summed E-state index contributed by atoms with van der Waals surface area (Å²) in [5.41, 5.74) is 1.82. The average molecular weight is 345 g/mol. The second-order valence-electron chi connectivity index (χ2n) is 7.35. The Bertz CT molecular complexity index is 609. The molecule has 1 amide bonds. The molecule has 1 N–H and O–H groups in total. The van der Waals surface area contributed by atoms with E-state index < -0.39 is 0 Å². The first-order valence-electron chi connectivity index (χ1n) is 9.30. The van der Waals surface area contributed by atoms with E-state index in [2.05, 4.69) is 15.3 Å². The number of nitrogens with one attached hydrogen (secondary N) is 1. The molecule has 0 aromatic carbocycles. The van der Waals surface area contributed by atoms with Gasteiger partial charge in [-0.1, -0.05) is 0 Å². The molecule has 0 spiro atoms. The Labute approximate surface area is 148 Å². The standard InChI is InChI=1S/C19H27N3O3/c1-12-11-13(2)21-19(20-12)25-17-9-5-15(6-10-17)22-18(24)14-3-7-16(23)8-4-14/h11,14-15,17H,3-10H2,1-2H3,(H,22,24). The molecule has 3 rings (SSSR count). The minimum absolute atomic E-state index is 0.00958. The molecule has 136 valence electrons. The quantitative estimate of drug-likeness (QED) is 0.907. The summed E-state index contributed by atoms with van der Waals surface area (Å²) in [5.74, 6) is 0.417. The molecule has 6 heteroatoms. The van der Waals surface area contributed by atoms with Gasteiger partial charge >= 0.3 is 6.01 Å². The monoisotopic (exact) mass is 345 g/mol. The molecular formula is C19H27N3O3. The van der Waals surface area contributed by atoms with Gasteiger partial charge in [-0.2, -0.15) is 0 Å². The summed E-state index contributed by atoms with van der Waals surface area (Å²) in [7, 11) is 0. The lowest BCUT2D eigenvalue weighted by molar-refractivity contribution is -0.129. The van der Waals surface area contributed by atoms with Gasteiger partial charge in [0.1, 0.15) is 11.9 Å². The minimum Gasteiger partial charge on any atom is -0.460 e. The van der Waals surface area contributed by atoms with Gasteiger partial charge in [0.05, 0.1) is 0 Å². The molecule has 1 aromatic heterocycles. The SMILES string of the molecule is Cc1cc(C)nc(OC2CCC(NC(=O)C3CCC(=O)CC3)CC2)n1. The molecule has 25 heavy (non-hydrogen) atoms. The molecule has 0 atom stereocenters. The lowest BCUT2D eigenvalue weighted by atomic mass is 9.86. The van der Waals surface area contributed by atoms with Crippen LogP contribution in [0.25, 0.3) is 0 Å². The smallest absolute Gasteiger partial charge is 0.317 e. The maximum atomic E-state index is 12.3. The van der Waals surface area contributed by atoms with Gasteiger partial charge in [0, 0.05) is 36.2 Å². The van der Waals surface area contributed by atoms with Gasteiger partial charge in [-0.3, -0.25) is 9.59 Å². The van der Waals surface area contributed by atoms with Crippen molar-refractivity contribution in [3.05, 3.63) is 17.5 Å². The Kier molecular flexibility index (Phi) is 5.66. The summed E-state index contributed by atoms with van der Waals surface area (Å²) in [6, 6.07) is 2.60. The second kappa shape index (κ2) is 7.93. The zero-order chi connectivity index (χ0) is 17.8. The Hall–Kier alpha value is -1.98. The van der Waals surface area contributed by atoms with E-state index >= 15 is 0 Å². The summed E-state index contributed by atoms with van der Waals surface area (Å²) in [5, 5.41) is 3.17. The van der Waals surface area contributed by atoms with Crippen molar-refractivity contribution in [1.29, 1.82) is 0 Å². The third kappa shape index (κ3) is 5.00. The Morgan fingerprint density at radius 2 is 1.64 bits per heavy atom. The van der Waals surface area contributed by atoms with Crippen molar-refractivity contribution in [1.82, 2.24) is 15.3 Å². The third-order valence-electron chi connectivity index (χ3n) is 5.17. The molecule has 0 bridgehead atoms. The molecule has 0 aliphatic heterocycles. The molecule has 1 aromatic rings. The van der Waals surface area contributed by atoms with Crippen molar-refractivity contribution >= 4 is 11.7 Å². The summed E-state index contributed by atoms with van der Waals surface area (Å²) in [6.07, 6.45) is 6.22. The molecule has 6 nitrogen and oxygen atoms in total. The summed E-state index contributed by atoms with van der Waals surface area (Å²) in [6.45, 7) is 3.87. The van der Waals surface area contributed by atoms with Crippen molar-refractivity contribution in [2.75, 3.05) is 0 Å². The van der Waals surface area contributed by atoms with Crippen LogP contribution in [0.2, 0.25) is 0 Å². The van der Waals surface area contributed by atoms with Crippen LogP contribution in [0.3, 0.4) is 0 Å². The van der Waals surface area contributed by atoms with E-state index in [9.17, 15) is 9.59 Å². The normalized spacial score (nSPS) is 24.8. The van der Waals surface area contributed by atoms with Crippen LogP contribution >= 0.6 is 0 Å². The number of aryl methyl sites for hydroxylation is 2. The fourth-order valence-electron chi connectivity index (χ4n) is 3.74. The third-order valence-corrected chi connectivity index (χ3v) is 5.17. The lowest BCUT2D eigenvalue weighted by Gasteiger charge is -2.30. The van der Waals surface area contributed by atoms with Crippen molar-refractivity contribution in [2.45, 2.75) is 77.4 Å². The Morgan fingerprint density at radius 1 is 1.04 bits per heavy atom. The van der Waals surface area contributed by atoms with Gasteiger partial charge in [0.15, 0.2) is 0 Å². The maximum absolute atomic E-state index is 12.3. The van der Waals surface area contributed by atoms with Crippen molar-refractivity contribution in [3.63, 3.8) is 0 Å². The first-order valence-corrected chi connectivity index (χ1v) is 9.30.